The molecule has 1 unspecified atom stereocenters. The van der Waals surface area contributed by atoms with Crippen LogP contribution in [0.25, 0.3) is 0 Å². The van der Waals surface area contributed by atoms with Crippen molar-refractivity contribution in [3.8, 4) is 6.07 Å². The quantitative estimate of drug-likeness (QED) is 0.141. The summed E-state index contributed by atoms with van der Waals surface area (Å²) in [7, 11) is 0. The molecule has 0 aromatic heterocycles. The van der Waals surface area contributed by atoms with E-state index in [4.69, 9.17) is 5.26 Å². The SMILES string of the molecule is CC(O)(CCCCCCCCCCSCCCC(F)(F)C(F)(F)F)C(=O)Nc1ccc(C#N)c(C(F)(F)F)c1. The summed E-state index contributed by atoms with van der Waals surface area (Å²) in [5.41, 5.74) is -3.70. The third-order valence-corrected chi connectivity index (χ3v) is 7.24. The molecule has 4 nitrogen and oxygen atoms in total. The molecule has 0 aliphatic rings. The molecule has 0 bridgehead atoms. The topological polar surface area (TPSA) is 73.1 Å². The molecular formula is C26H34F8N2O2S. The van der Waals surface area contributed by atoms with E-state index in [2.05, 4.69) is 5.32 Å². The van der Waals surface area contributed by atoms with Crippen molar-refractivity contribution >= 4 is 23.4 Å². The van der Waals surface area contributed by atoms with Crippen LogP contribution in [0, 0.1) is 11.3 Å². The second kappa shape index (κ2) is 15.6. The Hall–Kier alpha value is -2.07. The van der Waals surface area contributed by atoms with Crippen molar-refractivity contribution in [3.63, 3.8) is 0 Å². The Bertz CT molecular complexity index is 943. The number of carbonyl (C=O) groups is 1. The molecule has 0 saturated carbocycles. The lowest BCUT2D eigenvalue weighted by Crippen LogP contribution is -2.40. The lowest BCUT2D eigenvalue weighted by Gasteiger charge is -2.22. The predicted octanol–water partition coefficient (Wildman–Crippen LogP) is 8.49. The molecule has 39 heavy (non-hydrogen) atoms. The smallest absolute Gasteiger partial charge is 0.380 e. The second-order valence-corrected chi connectivity index (χ2v) is 10.8. The Labute approximate surface area is 227 Å². The molecular weight excluding hydrogens is 556 g/mol. The van der Waals surface area contributed by atoms with Gasteiger partial charge in [-0.05, 0) is 55.9 Å². The van der Waals surface area contributed by atoms with Crippen molar-refractivity contribution in [2.24, 2.45) is 0 Å². The lowest BCUT2D eigenvalue weighted by molar-refractivity contribution is -0.284. The number of nitrogens with zero attached hydrogens (tertiary/aromatic N) is 1. The highest BCUT2D eigenvalue weighted by molar-refractivity contribution is 7.99. The average molecular weight is 591 g/mol. The number of alkyl halides is 8. The highest BCUT2D eigenvalue weighted by Gasteiger charge is 2.56. The number of halogens is 8. The first kappa shape index (κ1) is 35.0. The number of hydrogen-bond donors (Lipinski definition) is 2. The summed E-state index contributed by atoms with van der Waals surface area (Å²) in [6, 6.07) is 4.24. The third-order valence-electron chi connectivity index (χ3n) is 6.09. The van der Waals surface area contributed by atoms with Crippen LogP contribution >= 0.6 is 11.8 Å². The molecule has 1 aromatic carbocycles. The van der Waals surface area contributed by atoms with Gasteiger partial charge in [0.2, 0.25) is 0 Å². The largest absolute Gasteiger partial charge is 0.453 e. The van der Waals surface area contributed by atoms with Crippen molar-refractivity contribution < 1.29 is 45.0 Å². The van der Waals surface area contributed by atoms with E-state index < -0.39 is 47.3 Å². The molecule has 1 aromatic rings. The molecule has 2 N–H and O–H groups in total. The summed E-state index contributed by atoms with van der Waals surface area (Å²) in [4.78, 5) is 12.4. The van der Waals surface area contributed by atoms with Crippen LogP contribution < -0.4 is 5.32 Å². The summed E-state index contributed by atoms with van der Waals surface area (Å²) in [6.45, 7) is 1.29. The van der Waals surface area contributed by atoms with Crippen molar-refractivity contribution in [1.29, 1.82) is 5.26 Å². The maximum atomic E-state index is 13.1. The Morgan fingerprint density at radius 1 is 0.872 bits per heavy atom. The maximum absolute atomic E-state index is 13.1. The molecule has 0 radical (unpaired) electrons. The normalized spacial score (nSPS) is 14.1. The Balaban J connectivity index is 2.16. The number of nitrogens with one attached hydrogen (secondary N) is 1. The van der Waals surface area contributed by atoms with Gasteiger partial charge in [-0.15, -0.1) is 0 Å². The number of hydrogen-bond acceptors (Lipinski definition) is 4. The minimum atomic E-state index is -5.50. The van der Waals surface area contributed by atoms with E-state index in [0.717, 1.165) is 51.0 Å². The van der Waals surface area contributed by atoms with E-state index in [0.29, 0.717) is 18.2 Å². The Morgan fingerprint density at radius 2 is 1.41 bits per heavy atom. The summed E-state index contributed by atoms with van der Waals surface area (Å²) < 4.78 is 101. The molecule has 222 valence electrons. The maximum Gasteiger partial charge on any atom is 0.453 e. The first-order chi connectivity index (χ1) is 18.0. The average Bonchev–Trinajstić information content (AvgIpc) is 2.82. The molecule has 13 heteroatoms. The van der Waals surface area contributed by atoms with Gasteiger partial charge in [-0.2, -0.15) is 52.1 Å². The fraction of sp³-hybridized carbons (Fsp3) is 0.692. The second-order valence-electron chi connectivity index (χ2n) is 9.59. The fourth-order valence-electron chi connectivity index (χ4n) is 3.71. The fourth-order valence-corrected chi connectivity index (χ4v) is 4.67. The van der Waals surface area contributed by atoms with Gasteiger partial charge in [0, 0.05) is 12.1 Å². The van der Waals surface area contributed by atoms with E-state index in [1.54, 1.807) is 0 Å². The van der Waals surface area contributed by atoms with Crippen LogP contribution in [0.4, 0.5) is 40.8 Å². The van der Waals surface area contributed by atoms with Crippen molar-refractivity contribution in [2.45, 2.75) is 101 Å². The summed E-state index contributed by atoms with van der Waals surface area (Å²) in [5.74, 6) is -4.51. The number of anilines is 1. The van der Waals surface area contributed by atoms with Gasteiger partial charge >= 0.3 is 18.3 Å². The number of thioether (sulfide) groups is 1. The van der Waals surface area contributed by atoms with Crippen molar-refractivity contribution in [1.82, 2.24) is 0 Å². The van der Waals surface area contributed by atoms with Gasteiger partial charge in [0.1, 0.15) is 5.60 Å². The van der Waals surface area contributed by atoms with Gasteiger partial charge < -0.3 is 10.4 Å². The predicted molar refractivity (Wildman–Crippen MR) is 135 cm³/mol. The monoisotopic (exact) mass is 590 g/mol. The molecule has 0 saturated heterocycles. The van der Waals surface area contributed by atoms with Gasteiger partial charge in [-0.1, -0.05) is 44.9 Å². The number of nitriles is 1. The molecule has 1 atom stereocenters. The number of unbranched alkanes of at least 4 members (excludes halogenated alkanes) is 7. The first-order valence-electron chi connectivity index (χ1n) is 12.7. The standard InChI is InChI=1S/C26H34F8N2O2S/c1-23(38,22(37)36-20-12-11-19(18-35)21(17-20)25(29,30)31)13-8-6-4-2-3-5-7-9-15-39-16-10-14-24(27,28)26(32,33)34/h11-12,17,38H,2-10,13-16H2,1H3,(H,36,37). The molecule has 0 aliphatic carbocycles. The number of amides is 1. The van der Waals surface area contributed by atoms with Crippen molar-refractivity contribution in [3.05, 3.63) is 29.3 Å². The van der Waals surface area contributed by atoms with Crippen LogP contribution in [-0.2, 0) is 11.0 Å². The van der Waals surface area contributed by atoms with E-state index >= 15 is 0 Å². The van der Waals surface area contributed by atoms with E-state index in [-0.39, 0.29) is 24.3 Å². The van der Waals surface area contributed by atoms with Gasteiger partial charge in [0.25, 0.3) is 5.91 Å². The molecule has 0 heterocycles. The van der Waals surface area contributed by atoms with Gasteiger partial charge in [0.15, 0.2) is 0 Å². The third kappa shape index (κ3) is 12.8. The minimum absolute atomic E-state index is 0.118. The summed E-state index contributed by atoms with van der Waals surface area (Å²) in [5, 5.41) is 21.6. The van der Waals surface area contributed by atoms with Crippen LogP contribution in [-0.4, -0.2) is 40.2 Å². The highest BCUT2D eigenvalue weighted by atomic mass is 32.2. The summed E-state index contributed by atoms with van der Waals surface area (Å²) >= 11 is 1.37. The van der Waals surface area contributed by atoms with Crippen molar-refractivity contribution in [2.75, 3.05) is 16.8 Å². The van der Waals surface area contributed by atoms with Crippen LogP contribution in [0.2, 0.25) is 0 Å². The minimum Gasteiger partial charge on any atom is -0.380 e. The van der Waals surface area contributed by atoms with Crippen LogP contribution in [0.15, 0.2) is 18.2 Å². The van der Waals surface area contributed by atoms with Gasteiger partial charge in [0.05, 0.1) is 17.2 Å². The van der Waals surface area contributed by atoms with Crippen LogP contribution in [0.1, 0.15) is 88.7 Å². The number of aliphatic hydroxyl groups is 1. The lowest BCUT2D eigenvalue weighted by atomic mass is 9.96. The molecule has 0 aliphatic heterocycles. The van der Waals surface area contributed by atoms with Crippen LogP contribution in [0.3, 0.4) is 0 Å². The van der Waals surface area contributed by atoms with E-state index in [1.165, 1.54) is 30.8 Å². The highest BCUT2D eigenvalue weighted by Crippen LogP contribution is 2.39. The first-order valence-corrected chi connectivity index (χ1v) is 13.8. The van der Waals surface area contributed by atoms with Crippen LogP contribution in [0.5, 0.6) is 0 Å². The summed E-state index contributed by atoms with van der Waals surface area (Å²) in [6.07, 6.45) is -4.77. The Kier molecular flexibility index (Phi) is 14.0. The van der Waals surface area contributed by atoms with Gasteiger partial charge in [-0.3, -0.25) is 4.79 Å². The zero-order chi connectivity index (χ0) is 29.7. The molecule has 0 fully saturated rings. The zero-order valence-corrected chi connectivity index (χ0v) is 22.5. The zero-order valence-electron chi connectivity index (χ0n) is 21.7. The number of rotatable bonds is 17. The number of benzene rings is 1. The molecule has 1 amide bonds. The van der Waals surface area contributed by atoms with E-state index in [9.17, 15) is 45.0 Å². The van der Waals surface area contributed by atoms with E-state index in [1.807, 2.05) is 0 Å². The number of carbonyl (C=O) groups excluding carboxylic acids is 1. The Morgan fingerprint density at radius 3 is 1.95 bits per heavy atom. The molecule has 1 rings (SSSR count). The van der Waals surface area contributed by atoms with Gasteiger partial charge in [-0.25, -0.2) is 0 Å². The molecule has 0 spiro atoms.